The van der Waals surface area contributed by atoms with Crippen LogP contribution in [0, 0.1) is 6.92 Å². The number of hydrogen-bond acceptors (Lipinski definition) is 3. The molecule has 1 N–H and O–H groups in total. The van der Waals surface area contributed by atoms with Crippen LogP contribution in [0.15, 0.2) is 30.7 Å². The molecule has 0 unspecified atom stereocenters. The zero-order valence-corrected chi connectivity index (χ0v) is 8.21. The fourth-order valence-corrected chi connectivity index (χ4v) is 1.30. The van der Waals surface area contributed by atoms with Crippen LogP contribution >= 0.6 is 0 Å². The minimum Gasteiger partial charge on any atom is -0.327 e. The molecule has 0 aliphatic carbocycles. The van der Waals surface area contributed by atoms with Crippen LogP contribution in [0.1, 0.15) is 5.82 Å². The third kappa shape index (κ3) is 1.85. The second kappa shape index (κ2) is 3.91. The summed E-state index contributed by atoms with van der Waals surface area (Å²) in [6.45, 7) is 1.90. The molecule has 5 nitrogen and oxygen atoms in total. The highest BCUT2D eigenvalue weighted by Gasteiger charge is 2.00. The van der Waals surface area contributed by atoms with Gasteiger partial charge in [-0.25, -0.2) is 9.97 Å². The Morgan fingerprint density at radius 3 is 2.80 bits per heavy atom. The molecule has 76 valence electrons. The van der Waals surface area contributed by atoms with Crippen molar-refractivity contribution in [1.82, 2.24) is 14.5 Å². The lowest BCUT2D eigenvalue weighted by molar-refractivity contribution is -0.105. The molecule has 2 heterocycles. The van der Waals surface area contributed by atoms with Crippen molar-refractivity contribution in [3.8, 4) is 5.82 Å². The van der Waals surface area contributed by atoms with Crippen LogP contribution in [-0.4, -0.2) is 20.9 Å². The molecule has 0 radical (unpaired) electrons. The first-order valence-electron chi connectivity index (χ1n) is 4.48. The molecule has 0 saturated heterocycles. The highest BCUT2D eigenvalue weighted by atomic mass is 16.1. The number of nitrogens with one attached hydrogen (secondary N) is 1. The summed E-state index contributed by atoms with van der Waals surface area (Å²) < 4.78 is 1.87. The van der Waals surface area contributed by atoms with Crippen LogP contribution < -0.4 is 5.32 Å². The molecule has 0 spiro atoms. The van der Waals surface area contributed by atoms with Crippen LogP contribution in [0.5, 0.6) is 0 Å². The van der Waals surface area contributed by atoms with E-state index in [-0.39, 0.29) is 0 Å². The Balaban J connectivity index is 2.31. The van der Waals surface area contributed by atoms with E-state index in [0.29, 0.717) is 12.1 Å². The third-order valence-electron chi connectivity index (χ3n) is 2.05. The average molecular weight is 202 g/mol. The van der Waals surface area contributed by atoms with Crippen molar-refractivity contribution in [2.45, 2.75) is 6.92 Å². The Hall–Kier alpha value is -2.17. The predicted octanol–water partition coefficient (Wildman–Crippen LogP) is 1.14. The molecule has 1 amide bonds. The van der Waals surface area contributed by atoms with Crippen LogP contribution in [0.2, 0.25) is 0 Å². The van der Waals surface area contributed by atoms with Gasteiger partial charge in [-0.2, -0.15) is 0 Å². The molecule has 0 aliphatic rings. The van der Waals surface area contributed by atoms with Crippen molar-refractivity contribution in [2.24, 2.45) is 0 Å². The van der Waals surface area contributed by atoms with E-state index < -0.39 is 0 Å². The Bertz CT molecular complexity index is 461. The number of aryl methyl sites for hydroxylation is 1. The molecular formula is C10H10N4O. The van der Waals surface area contributed by atoms with E-state index in [4.69, 9.17) is 0 Å². The minimum atomic E-state index is 0.624. The van der Waals surface area contributed by atoms with Gasteiger partial charge in [0.15, 0.2) is 0 Å². The topological polar surface area (TPSA) is 59.8 Å². The summed E-state index contributed by atoms with van der Waals surface area (Å²) in [5.41, 5.74) is 0.673. The van der Waals surface area contributed by atoms with Gasteiger partial charge in [0.25, 0.3) is 0 Å². The average Bonchev–Trinajstić information content (AvgIpc) is 2.66. The molecular weight excluding hydrogens is 192 g/mol. The van der Waals surface area contributed by atoms with E-state index in [9.17, 15) is 4.79 Å². The molecule has 5 heteroatoms. The van der Waals surface area contributed by atoms with Crippen LogP contribution in [0.25, 0.3) is 5.82 Å². The maximum absolute atomic E-state index is 10.2. The number of anilines is 1. The predicted molar refractivity (Wildman–Crippen MR) is 55.8 cm³/mol. The number of carbonyl (C=O) groups is 1. The Morgan fingerprint density at radius 1 is 1.40 bits per heavy atom. The number of rotatable bonds is 3. The summed E-state index contributed by atoms with van der Waals surface area (Å²) in [5, 5.41) is 2.53. The first-order chi connectivity index (χ1) is 7.31. The molecule has 0 bridgehead atoms. The number of aromatic nitrogens is 3. The van der Waals surface area contributed by atoms with Crippen LogP contribution in [0.4, 0.5) is 5.69 Å². The number of hydrogen-bond donors (Lipinski definition) is 1. The smallest absolute Gasteiger partial charge is 0.211 e. The highest BCUT2D eigenvalue weighted by molar-refractivity contribution is 5.70. The SMILES string of the molecule is Cc1nccn1-c1ccc(NC=O)cn1. The number of imidazole rings is 1. The maximum Gasteiger partial charge on any atom is 0.211 e. The quantitative estimate of drug-likeness (QED) is 0.759. The molecule has 2 aromatic rings. The Kier molecular flexibility index (Phi) is 2.45. The number of amides is 1. The summed E-state index contributed by atoms with van der Waals surface area (Å²) in [4.78, 5) is 18.5. The van der Waals surface area contributed by atoms with Crippen LogP contribution in [0.3, 0.4) is 0 Å². The number of pyridine rings is 1. The third-order valence-corrected chi connectivity index (χ3v) is 2.05. The van der Waals surface area contributed by atoms with Gasteiger partial charge in [0, 0.05) is 12.4 Å². The molecule has 0 saturated carbocycles. The van der Waals surface area contributed by atoms with Gasteiger partial charge in [0.2, 0.25) is 6.41 Å². The summed E-state index contributed by atoms with van der Waals surface area (Å²) in [5.74, 6) is 1.65. The first-order valence-corrected chi connectivity index (χ1v) is 4.48. The van der Waals surface area contributed by atoms with E-state index in [1.165, 1.54) is 0 Å². The van der Waals surface area contributed by atoms with Gasteiger partial charge in [-0.15, -0.1) is 0 Å². The zero-order chi connectivity index (χ0) is 10.7. The fourth-order valence-electron chi connectivity index (χ4n) is 1.30. The van der Waals surface area contributed by atoms with E-state index >= 15 is 0 Å². The lowest BCUT2D eigenvalue weighted by Gasteiger charge is -2.04. The van der Waals surface area contributed by atoms with Crippen molar-refractivity contribution in [3.05, 3.63) is 36.5 Å². The molecule has 0 aromatic carbocycles. The van der Waals surface area contributed by atoms with Gasteiger partial charge < -0.3 is 5.32 Å². The van der Waals surface area contributed by atoms with Crippen molar-refractivity contribution in [3.63, 3.8) is 0 Å². The second-order valence-electron chi connectivity index (χ2n) is 3.01. The van der Waals surface area contributed by atoms with Gasteiger partial charge >= 0.3 is 0 Å². The molecule has 0 atom stereocenters. The fraction of sp³-hybridized carbons (Fsp3) is 0.100. The molecule has 2 rings (SSSR count). The van der Waals surface area contributed by atoms with E-state index in [1.807, 2.05) is 23.8 Å². The molecule has 0 fully saturated rings. The second-order valence-corrected chi connectivity index (χ2v) is 3.01. The maximum atomic E-state index is 10.2. The van der Waals surface area contributed by atoms with Crippen molar-refractivity contribution in [1.29, 1.82) is 0 Å². The molecule has 2 aromatic heterocycles. The molecule has 0 aliphatic heterocycles. The van der Waals surface area contributed by atoms with E-state index in [0.717, 1.165) is 11.6 Å². The van der Waals surface area contributed by atoms with Gasteiger partial charge in [0.05, 0.1) is 11.9 Å². The summed E-state index contributed by atoms with van der Waals surface area (Å²) in [6.07, 6.45) is 5.78. The van der Waals surface area contributed by atoms with Crippen molar-refractivity contribution >= 4 is 12.1 Å². The monoisotopic (exact) mass is 202 g/mol. The van der Waals surface area contributed by atoms with Crippen molar-refractivity contribution in [2.75, 3.05) is 5.32 Å². The van der Waals surface area contributed by atoms with Crippen LogP contribution in [-0.2, 0) is 4.79 Å². The van der Waals surface area contributed by atoms with E-state index in [1.54, 1.807) is 18.5 Å². The van der Waals surface area contributed by atoms with Crippen molar-refractivity contribution < 1.29 is 4.79 Å². The summed E-state index contributed by atoms with van der Waals surface area (Å²) in [6, 6.07) is 3.61. The first kappa shape index (κ1) is 9.39. The number of carbonyl (C=O) groups excluding carboxylic acids is 1. The largest absolute Gasteiger partial charge is 0.327 e. The summed E-state index contributed by atoms with van der Waals surface area (Å²) in [7, 11) is 0. The van der Waals surface area contributed by atoms with E-state index in [2.05, 4.69) is 15.3 Å². The summed E-state index contributed by atoms with van der Waals surface area (Å²) >= 11 is 0. The Morgan fingerprint density at radius 2 is 2.27 bits per heavy atom. The number of nitrogens with zero attached hydrogens (tertiary/aromatic N) is 3. The van der Waals surface area contributed by atoms with Gasteiger partial charge in [-0.3, -0.25) is 9.36 Å². The highest BCUT2D eigenvalue weighted by Crippen LogP contribution is 2.10. The minimum absolute atomic E-state index is 0.624. The lowest BCUT2D eigenvalue weighted by Crippen LogP contribution is -2.00. The van der Waals surface area contributed by atoms with Gasteiger partial charge in [0.1, 0.15) is 11.6 Å². The Labute approximate surface area is 86.8 Å². The van der Waals surface area contributed by atoms with Gasteiger partial charge in [-0.1, -0.05) is 0 Å². The lowest BCUT2D eigenvalue weighted by atomic mass is 10.4. The van der Waals surface area contributed by atoms with Gasteiger partial charge in [-0.05, 0) is 19.1 Å². The zero-order valence-electron chi connectivity index (χ0n) is 8.21. The normalized spacial score (nSPS) is 9.93. The molecule has 15 heavy (non-hydrogen) atoms. The standard InChI is InChI=1S/C10H10N4O/c1-8-11-4-5-14(8)10-3-2-9(6-12-10)13-7-15/h2-7H,1H3,(H,13,15).